The van der Waals surface area contributed by atoms with Gasteiger partial charge in [0, 0.05) is 13.0 Å². The molecule has 3 aromatic rings. The molecular formula is C18H20ClN2O-. The van der Waals surface area contributed by atoms with Crippen LogP contribution in [0.25, 0.3) is 11.0 Å². The molecule has 0 radical (unpaired) electrons. The summed E-state index contributed by atoms with van der Waals surface area (Å²) >= 11 is 0. The van der Waals surface area contributed by atoms with Crippen molar-refractivity contribution in [2.24, 2.45) is 0 Å². The number of halogens is 1. The average molecular weight is 316 g/mol. The van der Waals surface area contributed by atoms with Crippen molar-refractivity contribution in [3.63, 3.8) is 0 Å². The molecule has 0 bridgehead atoms. The Bertz CT molecular complexity index is 709. The van der Waals surface area contributed by atoms with Crippen LogP contribution in [0.2, 0.25) is 0 Å². The summed E-state index contributed by atoms with van der Waals surface area (Å²) in [4.78, 5) is 4.69. The molecule has 3 rings (SSSR count). The molecule has 0 spiro atoms. The predicted octanol–water partition coefficient (Wildman–Crippen LogP) is 1.07. The maximum Gasteiger partial charge on any atom is 0.119 e. The molecule has 1 aromatic heterocycles. The minimum atomic E-state index is 0. The van der Waals surface area contributed by atoms with Gasteiger partial charge in [-0.3, -0.25) is 0 Å². The van der Waals surface area contributed by atoms with Gasteiger partial charge in [-0.2, -0.15) is 0 Å². The predicted molar refractivity (Wildman–Crippen MR) is 85.7 cm³/mol. The molecule has 0 fully saturated rings. The molecule has 0 aliphatic carbocycles. The lowest BCUT2D eigenvalue weighted by Gasteiger charge is -2.09. The highest BCUT2D eigenvalue weighted by molar-refractivity contribution is 5.75. The summed E-state index contributed by atoms with van der Waals surface area (Å²) in [6, 6.07) is 18.3. The van der Waals surface area contributed by atoms with Crippen LogP contribution in [0.15, 0.2) is 54.6 Å². The fraction of sp³-hybridized carbons (Fsp3) is 0.278. The Morgan fingerprint density at radius 2 is 1.73 bits per heavy atom. The fourth-order valence-corrected chi connectivity index (χ4v) is 2.57. The molecule has 0 saturated carbocycles. The molecule has 116 valence electrons. The SMILES string of the molecule is CCc1nc2ccccc2n1CCCOc1ccccc1.[Cl-]. The lowest BCUT2D eigenvalue weighted by Crippen LogP contribution is -3.00. The van der Waals surface area contributed by atoms with Crippen molar-refractivity contribution < 1.29 is 17.1 Å². The van der Waals surface area contributed by atoms with Gasteiger partial charge < -0.3 is 21.7 Å². The fourth-order valence-electron chi connectivity index (χ4n) is 2.57. The smallest absolute Gasteiger partial charge is 0.119 e. The van der Waals surface area contributed by atoms with Crippen molar-refractivity contribution in [3.8, 4) is 5.75 Å². The first-order chi connectivity index (χ1) is 10.4. The van der Waals surface area contributed by atoms with Gasteiger partial charge >= 0.3 is 0 Å². The molecule has 1 heterocycles. The zero-order valence-corrected chi connectivity index (χ0v) is 13.5. The Morgan fingerprint density at radius 1 is 1.00 bits per heavy atom. The van der Waals surface area contributed by atoms with Crippen LogP contribution in [0.3, 0.4) is 0 Å². The summed E-state index contributed by atoms with van der Waals surface area (Å²) < 4.78 is 8.07. The maximum absolute atomic E-state index is 5.76. The lowest BCUT2D eigenvalue weighted by atomic mass is 10.3. The van der Waals surface area contributed by atoms with Crippen molar-refractivity contribution in [1.82, 2.24) is 9.55 Å². The van der Waals surface area contributed by atoms with E-state index < -0.39 is 0 Å². The third kappa shape index (κ3) is 3.60. The molecule has 0 unspecified atom stereocenters. The zero-order valence-electron chi connectivity index (χ0n) is 12.7. The Hall–Kier alpha value is -2.00. The van der Waals surface area contributed by atoms with Crippen molar-refractivity contribution in [2.45, 2.75) is 26.3 Å². The topological polar surface area (TPSA) is 27.1 Å². The highest BCUT2D eigenvalue weighted by atomic mass is 35.5. The Labute approximate surface area is 137 Å². The van der Waals surface area contributed by atoms with Gasteiger partial charge in [0.25, 0.3) is 0 Å². The van der Waals surface area contributed by atoms with Crippen LogP contribution in [0.4, 0.5) is 0 Å². The summed E-state index contributed by atoms with van der Waals surface area (Å²) in [6.07, 6.45) is 1.93. The standard InChI is InChI=1S/C18H20N2O.ClH/c1-2-18-19-16-11-6-7-12-17(16)20(18)13-8-14-21-15-9-4-3-5-10-15;/h3-7,9-12H,2,8,13-14H2,1H3;1H/p-1. The molecule has 2 aromatic carbocycles. The van der Waals surface area contributed by atoms with Crippen LogP contribution >= 0.6 is 0 Å². The van der Waals surface area contributed by atoms with Crippen LogP contribution in [-0.4, -0.2) is 16.2 Å². The number of ether oxygens (including phenoxy) is 1. The number of hydrogen-bond donors (Lipinski definition) is 0. The number of para-hydroxylation sites is 3. The highest BCUT2D eigenvalue weighted by Gasteiger charge is 2.08. The highest BCUT2D eigenvalue weighted by Crippen LogP contribution is 2.17. The van der Waals surface area contributed by atoms with E-state index >= 15 is 0 Å². The van der Waals surface area contributed by atoms with Crippen LogP contribution in [0.1, 0.15) is 19.2 Å². The van der Waals surface area contributed by atoms with Gasteiger partial charge in [-0.25, -0.2) is 4.98 Å². The largest absolute Gasteiger partial charge is 1.00 e. The van der Waals surface area contributed by atoms with Gasteiger partial charge in [0.05, 0.1) is 17.6 Å². The van der Waals surface area contributed by atoms with Gasteiger partial charge in [0.2, 0.25) is 0 Å². The van der Waals surface area contributed by atoms with E-state index in [1.54, 1.807) is 0 Å². The van der Waals surface area contributed by atoms with E-state index in [2.05, 4.69) is 29.7 Å². The quantitative estimate of drug-likeness (QED) is 0.636. The monoisotopic (exact) mass is 315 g/mol. The Morgan fingerprint density at radius 3 is 2.50 bits per heavy atom. The van der Waals surface area contributed by atoms with Gasteiger partial charge in [0.1, 0.15) is 11.6 Å². The normalized spacial score (nSPS) is 10.4. The van der Waals surface area contributed by atoms with E-state index in [4.69, 9.17) is 9.72 Å². The number of hydrogen-bond acceptors (Lipinski definition) is 2. The second-order valence-corrected chi connectivity index (χ2v) is 5.04. The molecule has 4 heteroatoms. The molecule has 0 amide bonds. The summed E-state index contributed by atoms with van der Waals surface area (Å²) in [6.45, 7) is 3.81. The second-order valence-electron chi connectivity index (χ2n) is 5.04. The van der Waals surface area contributed by atoms with E-state index in [0.717, 1.165) is 43.1 Å². The Balaban J connectivity index is 0.00000176. The molecule has 0 aliphatic rings. The molecule has 22 heavy (non-hydrogen) atoms. The van der Waals surface area contributed by atoms with E-state index in [1.165, 1.54) is 5.52 Å². The van der Waals surface area contributed by atoms with Gasteiger partial charge in [0.15, 0.2) is 0 Å². The third-order valence-corrected chi connectivity index (χ3v) is 3.59. The van der Waals surface area contributed by atoms with Crippen molar-refractivity contribution in [2.75, 3.05) is 6.61 Å². The molecular weight excluding hydrogens is 296 g/mol. The van der Waals surface area contributed by atoms with Crippen molar-refractivity contribution >= 4 is 11.0 Å². The van der Waals surface area contributed by atoms with E-state index in [-0.39, 0.29) is 12.4 Å². The van der Waals surface area contributed by atoms with E-state index in [9.17, 15) is 0 Å². The summed E-state index contributed by atoms with van der Waals surface area (Å²) in [5, 5.41) is 0. The molecule has 0 aliphatic heterocycles. The minimum Gasteiger partial charge on any atom is -1.00 e. The first-order valence-electron chi connectivity index (χ1n) is 7.50. The van der Waals surface area contributed by atoms with Crippen LogP contribution in [0.5, 0.6) is 5.75 Å². The molecule has 0 atom stereocenters. The Kier molecular flexibility index (Phi) is 5.84. The minimum absolute atomic E-state index is 0. The van der Waals surface area contributed by atoms with E-state index in [1.807, 2.05) is 36.4 Å². The molecule has 0 saturated heterocycles. The molecule has 3 nitrogen and oxygen atoms in total. The number of aryl methyl sites for hydroxylation is 2. The summed E-state index contributed by atoms with van der Waals surface area (Å²) in [5.41, 5.74) is 2.30. The van der Waals surface area contributed by atoms with Crippen molar-refractivity contribution in [1.29, 1.82) is 0 Å². The zero-order chi connectivity index (χ0) is 14.5. The van der Waals surface area contributed by atoms with Crippen LogP contribution in [0, 0.1) is 0 Å². The number of benzene rings is 2. The van der Waals surface area contributed by atoms with E-state index in [0.29, 0.717) is 0 Å². The van der Waals surface area contributed by atoms with Crippen LogP contribution < -0.4 is 17.1 Å². The third-order valence-electron chi connectivity index (χ3n) is 3.59. The number of rotatable bonds is 6. The first-order valence-corrected chi connectivity index (χ1v) is 7.50. The first kappa shape index (κ1) is 16.4. The summed E-state index contributed by atoms with van der Waals surface area (Å²) in [5.74, 6) is 2.08. The number of aromatic nitrogens is 2. The average Bonchev–Trinajstić information content (AvgIpc) is 2.90. The lowest BCUT2D eigenvalue weighted by molar-refractivity contribution is -0.00000487. The summed E-state index contributed by atoms with van der Waals surface area (Å²) in [7, 11) is 0. The number of imidazole rings is 1. The van der Waals surface area contributed by atoms with Gasteiger partial charge in [-0.05, 0) is 30.7 Å². The van der Waals surface area contributed by atoms with Gasteiger partial charge in [-0.1, -0.05) is 37.3 Å². The number of nitrogens with zero attached hydrogens (tertiary/aromatic N) is 2. The van der Waals surface area contributed by atoms with Gasteiger partial charge in [-0.15, -0.1) is 0 Å². The number of fused-ring (bicyclic) bond motifs is 1. The van der Waals surface area contributed by atoms with Crippen molar-refractivity contribution in [3.05, 3.63) is 60.4 Å². The van der Waals surface area contributed by atoms with Crippen LogP contribution in [-0.2, 0) is 13.0 Å². The second kappa shape index (κ2) is 7.85. The molecule has 0 N–H and O–H groups in total. The maximum atomic E-state index is 5.76.